The molecule has 0 aliphatic carbocycles. The van der Waals surface area contributed by atoms with Crippen LogP contribution < -0.4 is 0 Å². The summed E-state index contributed by atoms with van der Waals surface area (Å²) >= 11 is 1.77. The van der Waals surface area contributed by atoms with Crippen molar-refractivity contribution < 1.29 is 4.42 Å². The summed E-state index contributed by atoms with van der Waals surface area (Å²) in [5.74, 6) is 1.56. The van der Waals surface area contributed by atoms with Crippen LogP contribution >= 0.6 is 11.3 Å². The predicted molar refractivity (Wildman–Crippen MR) is 155 cm³/mol. The van der Waals surface area contributed by atoms with Crippen molar-refractivity contribution in [2.45, 2.75) is 46.5 Å². The Kier molecular flexibility index (Phi) is 5.49. The van der Waals surface area contributed by atoms with Crippen LogP contribution in [-0.2, 0) is 11.8 Å². The fourth-order valence-electron chi connectivity index (χ4n) is 5.19. The first kappa shape index (κ1) is 23.0. The van der Waals surface area contributed by atoms with Gasteiger partial charge in [-0.1, -0.05) is 65.0 Å². The first-order chi connectivity index (χ1) is 17.3. The number of pyridine rings is 1. The molecule has 0 aliphatic heterocycles. The van der Waals surface area contributed by atoms with Crippen molar-refractivity contribution in [2.75, 3.05) is 0 Å². The molecule has 3 heterocycles. The zero-order valence-corrected chi connectivity index (χ0v) is 22.4. The number of furan rings is 1. The summed E-state index contributed by atoms with van der Waals surface area (Å²) in [5.41, 5.74) is 5.88. The van der Waals surface area contributed by atoms with Gasteiger partial charge in [0.15, 0.2) is 0 Å². The van der Waals surface area contributed by atoms with Crippen molar-refractivity contribution in [3.05, 3.63) is 90.1 Å². The lowest BCUT2D eigenvalue weighted by Gasteiger charge is -2.22. The largest absolute Gasteiger partial charge is 0.455 e. The Hall–Kier alpha value is -3.43. The normalized spacial score (nSPS) is 12.4. The standard InChI is InChI=1S/C33H31NOS/c1-20(2)14-21-10-11-28-23(15-21)18-29(35-28)31-19-26-30(36-31)12-13-34-32(26)24-16-22-8-6-7-9-25(22)27(17-24)33(3,4)5/h6-13,15-20H,14H2,1-5H3. The second kappa shape index (κ2) is 8.60. The van der Waals surface area contributed by atoms with Crippen molar-refractivity contribution in [3.8, 4) is 21.9 Å². The Bertz CT molecular complexity index is 1730. The van der Waals surface area contributed by atoms with E-state index < -0.39 is 0 Å². The van der Waals surface area contributed by atoms with E-state index in [0.717, 1.165) is 33.9 Å². The Morgan fingerprint density at radius 1 is 0.861 bits per heavy atom. The Morgan fingerprint density at radius 2 is 1.69 bits per heavy atom. The van der Waals surface area contributed by atoms with Crippen molar-refractivity contribution in [3.63, 3.8) is 0 Å². The van der Waals surface area contributed by atoms with Crippen molar-refractivity contribution in [1.29, 1.82) is 0 Å². The fraction of sp³-hybridized carbons (Fsp3) is 0.242. The van der Waals surface area contributed by atoms with E-state index in [1.807, 2.05) is 6.20 Å². The third kappa shape index (κ3) is 4.12. The number of nitrogens with zero attached hydrogens (tertiary/aromatic N) is 1. The number of hydrogen-bond donors (Lipinski definition) is 0. The zero-order valence-electron chi connectivity index (χ0n) is 21.6. The van der Waals surface area contributed by atoms with Gasteiger partial charge in [0.1, 0.15) is 11.3 Å². The molecule has 0 radical (unpaired) electrons. The SMILES string of the molecule is CC(C)Cc1ccc2oc(-c3cc4c(-c5cc(C(C)(C)C)c6ccccc6c5)nccc4s3)cc2c1. The molecule has 2 nitrogen and oxygen atoms in total. The molecule has 0 atom stereocenters. The average Bonchev–Trinajstić information content (AvgIpc) is 3.46. The van der Waals surface area contributed by atoms with E-state index in [9.17, 15) is 0 Å². The minimum atomic E-state index is 0.0337. The molecular weight excluding hydrogens is 458 g/mol. The molecule has 6 rings (SSSR count). The molecule has 0 amide bonds. The second-order valence-electron chi connectivity index (χ2n) is 11.3. The number of rotatable bonds is 4. The number of thiophene rings is 1. The fourth-order valence-corrected chi connectivity index (χ4v) is 6.20. The van der Waals surface area contributed by atoms with Crippen molar-refractivity contribution in [2.24, 2.45) is 5.92 Å². The molecule has 36 heavy (non-hydrogen) atoms. The van der Waals surface area contributed by atoms with Gasteiger partial charge in [-0.15, -0.1) is 11.3 Å². The molecular formula is C33H31NOS. The molecule has 0 saturated heterocycles. The van der Waals surface area contributed by atoms with Gasteiger partial charge < -0.3 is 4.42 Å². The van der Waals surface area contributed by atoms with Gasteiger partial charge in [-0.05, 0) is 82.1 Å². The number of hydrogen-bond acceptors (Lipinski definition) is 3. The number of fused-ring (bicyclic) bond motifs is 3. The Labute approximate surface area is 216 Å². The van der Waals surface area contributed by atoms with Crippen LogP contribution in [0.15, 0.2) is 83.4 Å². The minimum absolute atomic E-state index is 0.0337. The Balaban J connectivity index is 1.48. The summed E-state index contributed by atoms with van der Waals surface area (Å²) in [6, 6.07) is 26.4. The van der Waals surface area contributed by atoms with E-state index in [1.165, 1.54) is 37.4 Å². The molecule has 3 aromatic carbocycles. The highest BCUT2D eigenvalue weighted by molar-refractivity contribution is 7.22. The molecule has 0 bridgehead atoms. The molecule has 0 unspecified atom stereocenters. The summed E-state index contributed by atoms with van der Waals surface area (Å²) in [7, 11) is 0. The molecule has 3 heteroatoms. The third-order valence-corrected chi connectivity index (χ3v) is 7.97. The van der Waals surface area contributed by atoms with E-state index in [0.29, 0.717) is 5.92 Å². The summed E-state index contributed by atoms with van der Waals surface area (Å²) in [5, 5.41) is 4.91. The lowest BCUT2D eigenvalue weighted by Crippen LogP contribution is -2.12. The second-order valence-corrected chi connectivity index (χ2v) is 12.3. The lowest BCUT2D eigenvalue weighted by molar-refractivity contribution is 0.596. The summed E-state index contributed by atoms with van der Waals surface area (Å²) in [6.07, 6.45) is 3.01. The highest BCUT2D eigenvalue weighted by Crippen LogP contribution is 2.41. The molecule has 0 spiro atoms. The number of aromatic nitrogens is 1. The van der Waals surface area contributed by atoms with Crippen LogP contribution in [0.5, 0.6) is 0 Å². The van der Waals surface area contributed by atoms with Gasteiger partial charge in [-0.3, -0.25) is 4.98 Å². The van der Waals surface area contributed by atoms with Crippen LogP contribution in [-0.4, -0.2) is 4.98 Å². The van der Waals surface area contributed by atoms with E-state index in [1.54, 1.807) is 11.3 Å². The zero-order chi connectivity index (χ0) is 25.0. The molecule has 0 N–H and O–H groups in total. The molecule has 6 aromatic rings. The number of benzene rings is 3. The third-order valence-electron chi connectivity index (χ3n) is 6.86. The lowest BCUT2D eigenvalue weighted by atomic mass is 9.82. The molecule has 0 aliphatic rings. The summed E-state index contributed by atoms with van der Waals surface area (Å²) < 4.78 is 7.52. The molecule has 3 aromatic heterocycles. The molecule has 180 valence electrons. The van der Waals surface area contributed by atoms with Gasteiger partial charge in [-0.2, -0.15) is 0 Å². The van der Waals surface area contributed by atoms with Crippen LogP contribution in [0, 0.1) is 5.92 Å². The van der Waals surface area contributed by atoms with Gasteiger partial charge in [0.2, 0.25) is 0 Å². The van der Waals surface area contributed by atoms with E-state index >= 15 is 0 Å². The maximum Gasteiger partial charge on any atom is 0.145 e. The van der Waals surface area contributed by atoms with E-state index in [-0.39, 0.29) is 5.41 Å². The van der Waals surface area contributed by atoms with Crippen LogP contribution in [0.2, 0.25) is 0 Å². The highest BCUT2D eigenvalue weighted by atomic mass is 32.1. The topological polar surface area (TPSA) is 26.0 Å². The highest BCUT2D eigenvalue weighted by Gasteiger charge is 2.20. The van der Waals surface area contributed by atoms with Crippen LogP contribution in [0.25, 0.3) is 53.7 Å². The maximum atomic E-state index is 6.30. The van der Waals surface area contributed by atoms with Gasteiger partial charge in [0.25, 0.3) is 0 Å². The Morgan fingerprint density at radius 3 is 2.50 bits per heavy atom. The van der Waals surface area contributed by atoms with Gasteiger partial charge in [0, 0.05) is 27.2 Å². The van der Waals surface area contributed by atoms with Crippen LogP contribution in [0.1, 0.15) is 45.7 Å². The quantitative estimate of drug-likeness (QED) is 0.246. The van der Waals surface area contributed by atoms with Crippen LogP contribution in [0.4, 0.5) is 0 Å². The summed E-state index contributed by atoms with van der Waals surface area (Å²) in [4.78, 5) is 6.01. The van der Waals surface area contributed by atoms with E-state index in [2.05, 4.69) is 107 Å². The molecule has 0 saturated carbocycles. The van der Waals surface area contributed by atoms with Gasteiger partial charge >= 0.3 is 0 Å². The van der Waals surface area contributed by atoms with Crippen molar-refractivity contribution in [1.82, 2.24) is 4.98 Å². The first-order valence-electron chi connectivity index (χ1n) is 12.7. The van der Waals surface area contributed by atoms with Gasteiger partial charge in [-0.25, -0.2) is 0 Å². The monoisotopic (exact) mass is 489 g/mol. The predicted octanol–water partition coefficient (Wildman–Crippen LogP) is 10.0. The van der Waals surface area contributed by atoms with Crippen LogP contribution in [0.3, 0.4) is 0 Å². The minimum Gasteiger partial charge on any atom is -0.455 e. The maximum absolute atomic E-state index is 6.30. The smallest absolute Gasteiger partial charge is 0.145 e. The summed E-state index contributed by atoms with van der Waals surface area (Å²) in [6.45, 7) is 11.4. The van der Waals surface area contributed by atoms with E-state index in [4.69, 9.17) is 9.40 Å². The molecule has 0 fully saturated rings. The van der Waals surface area contributed by atoms with Gasteiger partial charge in [0.05, 0.1) is 10.6 Å². The average molecular weight is 490 g/mol. The first-order valence-corrected chi connectivity index (χ1v) is 13.5. The van der Waals surface area contributed by atoms with Crippen molar-refractivity contribution >= 4 is 43.2 Å².